The lowest BCUT2D eigenvalue weighted by Gasteiger charge is -2.35. The zero-order valence-corrected chi connectivity index (χ0v) is 6.15. The van der Waals surface area contributed by atoms with E-state index in [-0.39, 0.29) is 18.4 Å². The first-order valence-electron chi connectivity index (χ1n) is 2.74. The van der Waals surface area contributed by atoms with E-state index in [1.54, 1.807) is 4.90 Å². The van der Waals surface area contributed by atoms with Gasteiger partial charge in [-0.1, -0.05) is 6.92 Å². The molecule has 0 aromatic heterocycles. The van der Waals surface area contributed by atoms with E-state index in [0.717, 1.165) is 13.1 Å². The van der Waals surface area contributed by atoms with Gasteiger partial charge in [-0.05, 0) is 5.92 Å². The Hall–Kier alpha value is -0.440. The molecule has 54 valence electrons. The van der Waals surface area contributed by atoms with E-state index < -0.39 is 0 Å². The van der Waals surface area contributed by atoms with Gasteiger partial charge in [0.1, 0.15) is 0 Å². The monoisotopic (exact) mass is 150 g/mol. The maximum Gasteiger partial charge on any atom is 0.314 e. The zero-order valence-electron chi connectivity index (χ0n) is 5.33. The fraction of sp³-hybridized carbons (Fsp3) is 0.800. The van der Waals surface area contributed by atoms with Crippen LogP contribution in [-0.4, -0.2) is 24.0 Å². The smallest absolute Gasteiger partial charge is 0.314 e. The first-order valence-corrected chi connectivity index (χ1v) is 2.74. The predicted octanol–water partition coefficient (Wildman–Crippen LogP) is 0.439. The van der Waals surface area contributed by atoms with Crippen LogP contribution in [0.3, 0.4) is 0 Å². The molecule has 0 spiro atoms. The minimum Gasteiger partial charge on any atom is -0.351 e. The molecule has 1 fully saturated rings. The van der Waals surface area contributed by atoms with Gasteiger partial charge in [0.25, 0.3) is 0 Å². The highest BCUT2D eigenvalue weighted by molar-refractivity contribution is 5.85. The van der Waals surface area contributed by atoms with Crippen molar-refractivity contribution in [1.29, 1.82) is 0 Å². The summed E-state index contributed by atoms with van der Waals surface area (Å²) in [6, 6.07) is -0.289. The first kappa shape index (κ1) is 8.56. The third-order valence-corrected chi connectivity index (χ3v) is 1.38. The Bertz CT molecular complexity index is 112. The summed E-state index contributed by atoms with van der Waals surface area (Å²) in [5.41, 5.74) is 4.95. The van der Waals surface area contributed by atoms with Crippen molar-refractivity contribution in [3.05, 3.63) is 0 Å². The first-order chi connectivity index (χ1) is 3.70. The summed E-state index contributed by atoms with van der Waals surface area (Å²) in [7, 11) is 0. The fourth-order valence-corrected chi connectivity index (χ4v) is 0.879. The minimum atomic E-state index is -0.289. The lowest BCUT2D eigenvalue weighted by molar-refractivity contribution is 0.137. The van der Waals surface area contributed by atoms with Crippen molar-refractivity contribution in [2.45, 2.75) is 6.92 Å². The maximum atomic E-state index is 10.3. The number of likely N-dealkylation sites (tertiary alicyclic amines) is 1. The topological polar surface area (TPSA) is 46.3 Å². The molecule has 0 aromatic carbocycles. The summed E-state index contributed by atoms with van der Waals surface area (Å²) in [5.74, 6) is 0.655. The van der Waals surface area contributed by atoms with E-state index in [1.165, 1.54) is 0 Å². The molecule has 0 bridgehead atoms. The van der Waals surface area contributed by atoms with Gasteiger partial charge in [0.2, 0.25) is 0 Å². The number of halogens is 1. The number of carbonyl (C=O) groups is 1. The SMILES string of the molecule is CC1CN(C(N)=O)C1.Cl. The largest absolute Gasteiger partial charge is 0.351 e. The Morgan fingerprint density at radius 3 is 2.22 bits per heavy atom. The summed E-state index contributed by atoms with van der Waals surface area (Å²) in [4.78, 5) is 11.9. The van der Waals surface area contributed by atoms with Gasteiger partial charge >= 0.3 is 6.03 Å². The lowest BCUT2D eigenvalue weighted by Crippen LogP contribution is -2.50. The van der Waals surface area contributed by atoms with Gasteiger partial charge in [-0.3, -0.25) is 0 Å². The summed E-state index contributed by atoms with van der Waals surface area (Å²) < 4.78 is 0. The van der Waals surface area contributed by atoms with Crippen LogP contribution in [0.15, 0.2) is 0 Å². The number of rotatable bonds is 0. The normalized spacial score (nSPS) is 18.1. The number of hydrogen-bond donors (Lipinski definition) is 1. The van der Waals surface area contributed by atoms with Gasteiger partial charge in [-0.15, -0.1) is 12.4 Å². The Kier molecular flexibility index (Phi) is 2.77. The van der Waals surface area contributed by atoms with Crippen LogP contribution in [0.2, 0.25) is 0 Å². The third-order valence-electron chi connectivity index (χ3n) is 1.38. The standard InChI is InChI=1S/C5H10N2O.ClH/c1-4-2-7(3-4)5(6)8;/h4H,2-3H2,1H3,(H2,6,8);1H. The van der Waals surface area contributed by atoms with Crippen LogP contribution < -0.4 is 5.73 Å². The van der Waals surface area contributed by atoms with E-state index in [2.05, 4.69) is 6.92 Å². The van der Waals surface area contributed by atoms with Crippen LogP contribution in [0.4, 0.5) is 4.79 Å². The molecule has 0 aliphatic carbocycles. The summed E-state index contributed by atoms with van der Waals surface area (Å²) in [6.07, 6.45) is 0. The van der Waals surface area contributed by atoms with Gasteiger partial charge in [-0.2, -0.15) is 0 Å². The van der Waals surface area contributed by atoms with Crippen LogP contribution in [-0.2, 0) is 0 Å². The molecule has 2 amide bonds. The molecule has 0 radical (unpaired) electrons. The Labute approximate surface area is 60.6 Å². The number of urea groups is 1. The number of hydrogen-bond acceptors (Lipinski definition) is 1. The van der Waals surface area contributed by atoms with E-state index in [1.807, 2.05) is 0 Å². The van der Waals surface area contributed by atoms with Crippen molar-refractivity contribution >= 4 is 18.4 Å². The summed E-state index contributed by atoms with van der Waals surface area (Å²) in [5, 5.41) is 0. The van der Waals surface area contributed by atoms with Crippen LogP contribution in [0, 0.1) is 5.92 Å². The molecule has 0 atom stereocenters. The van der Waals surface area contributed by atoms with Crippen molar-refractivity contribution in [3.8, 4) is 0 Å². The average Bonchev–Trinajstić information content (AvgIpc) is 1.57. The van der Waals surface area contributed by atoms with Gasteiger partial charge < -0.3 is 10.6 Å². The highest BCUT2D eigenvalue weighted by atomic mass is 35.5. The zero-order chi connectivity index (χ0) is 6.15. The van der Waals surface area contributed by atoms with Crippen LogP contribution >= 0.6 is 12.4 Å². The van der Waals surface area contributed by atoms with Crippen molar-refractivity contribution < 1.29 is 4.79 Å². The number of primary amides is 1. The molecule has 9 heavy (non-hydrogen) atoms. The Morgan fingerprint density at radius 1 is 1.67 bits per heavy atom. The van der Waals surface area contributed by atoms with Crippen LogP contribution in [0.1, 0.15) is 6.92 Å². The molecule has 1 aliphatic rings. The average molecular weight is 151 g/mol. The molecule has 0 saturated carbocycles. The van der Waals surface area contributed by atoms with Crippen LogP contribution in [0.5, 0.6) is 0 Å². The second kappa shape index (κ2) is 2.92. The Balaban J connectivity index is 0.000000640. The predicted molar refractivity (Wildman–Crippen MR) is 37.6 cm³/mol. The van der Waals surface area contributed by atoms with E-state index in [0.29, 0.717) is 5.92 Å². The summed E-state index contributed by atoms with van der Waals surface area (Å²) in [6.45, 7) is 3.78. The molecule has 3 nitrogen and oxygen atoms in total. The molecule has 1 rings (SSSR count). The van der Waals surface area contributed by atoms with Crippen molar-refractivity contribution in [2.75, 3.05) is 13.1 Å². The maximum absolute atomic E-state index is 10.3. The highest BCUT2D eigenvalue weighted by Crippen LogP contribution is 2.12. The van der Waals surface area contributed by atoms with E-state index in [4.69, 9.17) is 5.73 Å². The quantitative estimate of drug-likeness (QED) is 0.535. The summed E-state index contributed by atoms with van der Waals surface area (Å²) >= 11 is 0. The lowest BCUT2D eigenvalue weighted by atomic mass is 10.0. The molecular weight excluding hydrogens is 140 g/mol. The van der Waals surface area contributed by atoms with Gasteiger partial charge in [0.15, 0.2) is 0 Å². The fourth-order valence-electron chi connectivity index (χ4n) is 0.879. The van der Waals surface area contributed by atoms with E-state index >= 15 is 0 Å². The molecule has 1 saturated heterocycles. The second-order valence-corrected chi connectivity index (χ2v) is 2.35. The molecule has 1 heterocycles. The molecule has 2 N–H and O–H groups in total. The molecule has 0 unspecified atom stereocenters. The number of nitrogens with two attached hydrogens (primary N) is 1. The molecule has 4 heteroatoms. The van der Waals surface area contributed by atoms with Crippen molar-refractivity contribution in [1.82, 2.24) is 4.90 Å². The minimum absolute atomic E-state index is 0. The highest BCUT2D eigenvalue weighted by Gasteiger charge is 2.24. The van der Waals surface area contributed by atoms with E-state index in [9.17, 15) is 4.79 Å². The van der Waals surface area contributed by atoms with Crippen molar-refractivity contribution in [2.24, 2.45) is 11.7 Å². The second-order valence-electron chi connectivity index (χ2n) is 2.35. The Morgan fingerprint density at radius 2 is 2.11 bits per heavy atom. The number of carbonyl (C=O) groups excluding carboxylic acids is 1. The molecule has 1 aliphatic heterocycles. The van der Waals surface area contributed by atoms with Gasteiger partial charge in [0, 0.05) is 13.1 Å². The van der Waals surface area contributed by atoms with Crippen molar-refractivity contribution in [3.63, 3.8) is 0 Å². The van der Waals surface area contributed by atoms with Gasteiger partial charge in [0.05, 0.1) is 0 Å². The number of amides is 2. The van der Waals surface area contributed by atoms with Gasteiger partial charge in [-0.25, -0.2) is 4.79 Å². The number of nitrogens with zero attached hydrogens (tertiary/aromatic N) is 1. The molecular formula is C5H11ClN2O. The van der Waals surface area contributed by atoms with Crippen LogP contribution in [0.25, 0.3) is 0 Å². The molecule has 0 aromatic rings. The third kappa shape index (κ3) is 1.75.